The average molecular weight is 781 g/mol. The van der Waals surface area contributed by atoms with E-state index in [0.29, 0.717) is 11.5 Å². The maximum atomic E-state index is 6.46. The van der Waals surface area contributed by atoms with Crippen molar-refractivity contribution in [1.82, 2.24) is 4.98 Å². The highest BCUT2D eigenvalue weighted by Crippen LogP contribution is 2.43. The highest BCUT2D eigenvalue weighted by molar-refractivity contribution is 6.14. The van der Waals surface area contributed by atoms with Gasteiger partial charge in [-0.15, -0.1) is 0 Å². The third kappa shape index (κ3) is 6.04. The first-order chi connectivity index (χ1) is 30.2. The molecule has 0 radical (unpaired) electrons. The van der Waals surface area contributed by atoms with Crippen LogP contribution in [0.4, 0.5) is 17.1 Å². The molecule has 0 aliphatic rings. The van der Waals surface area contributed by atoms with Crippen molar-refractivity contribution in [2.75, 3.05) is 4.90 Å². The fourth-order valence-corrected chi connectivity index (χ4v) is 8.93. The van der Waals surface area contributed by atoms with Gasteiger partial charge in [0.1, 0.15) is 16.7 Å². The fraction of sp³-hybridized carbons (Fsp3) is 0. The SMILES string of the molecule is c1ccc(-c2nc3cc4c(cc3o2)oc2cc(-c3ccc(N(c5ccc(-c6cc7ccccc7c7ccccc67)cc5)c5ccccc5-c5ccccc5)cc3)ccc24)cc1. The molecule has 286 valence electrons. The molecule has 0 bridgehead atoms. The number of furan rings is 1. The van der Waals surface area contributed by atoms with Crippen LogP contribution in [0, 0.1) is 0 Å². The summed E-state index contributed by atoms with van der Waals surface area (Å²) < 4.78 is 12.6. The number of benzene rings is 10. The maximum absolute atomic E-state index is 6.46. The number of rotatable bonds is 7. The molecule has 12 rings (SSSR count). The van der Waals surface area contributed by atoms with Crippen molar-refractivity contribution >= 4 is 71.6 Å². The Labute approximate surface area is 352 Å². The molecule has 2 heterocycles. The highest BCUT2D eigenvalue weighted by Gasteiger charge is 2.19. The van der Waals surface area contributed by atoms with E-state index in [9.17, 15) is 0 Å². The van der Waals surface area contributed by atoms with E-state index in [1.165, 1.54) is 38.2 Å². The van der Waals surface area contributed by atoms with Crippen molar-refractivity contribution in [2.45, 2.75) is 0 Å². The number of hydrogen-bond acceptors (Lipinski definition) is 4. The second-order valence-corrected chi connectivity index (χ2v) is 15.5. The average Bonchev–Trinajstić information content (AvgIpc) is 3.92. The summed E-state index contributed by atoms with van der Waals surface area (Å²) in [5.41, 5.74) is 14.2. The third-order valence-corrected chi connectivity index (χ3v) is 11.9. The number of aromatic nitrogens is 1. The van der Waals surface area contributed by atoms with Crippen LogP contribution in [0.25, 0.3) is 99.4 Å². The lowest BCUT2D eigenvalue weighted by Crippen LogP contribution is -2.11. The van der Waals surface area contributed by atoms with Crippen molar-refractivity contribution in [3.63, 3.8) is 0 Å². The molecule has 10 aromatic carbocycles. The zero-order chi connectivity index (χ0) is 40.3. The van der Waals surface area contributed by atoms with E-state index in [2.05, 4.69) is 187 Å². The van der Waals surface area contributed by atoms with Crippen molar-refractivity contribution in [3.8, 4) is 44.8 Å². The number of para-hydroxylation sites is 1. The monoisotopic (exact) mass is 780 g/mol. The summed E-state index contributed by atoms with van der Waals surface area (Å²) in [6.07, 6.45) is 0. The quantitative estimate of drug-likeness (QED) is 0.151. The van der Waals surface area contributed by atoms with E-state index < -0.39 is 0 Å². The normalized spacial score (nSPS) is 11.6. The smallest absolute Gasteiger partial charge is 0.227 e. The molecule has 0 saturated heterocycles. The van der Waals surface area contributed by atoms with E-state index >= 15 is 0 Å². The summed E-state index contributed by atoms with van der Waals surface area (Å²) >= 11 is 0. The van der Waals surface area contributed by atoms with Crippen LogP contribution in [0.2, 0.25) is 0 Å². The molecule has 0 atom stereocenters. The Bertz CT molecular complexity index is 3570. The van der Waals surface area contributed by atoms with E-state index in [4.69, 9.17) is 13.8 Å². The summed E-state index contributed by atoms with van der Waals surface area (Å²) in [6, 6.07) is 77.3. The minimum Gasteiger partial charge on any atom is -0.456 e. The Morgan fingerprint density at radius 2 is 0.918 bits per heavy atom. The van der Waals surface area contributed by atoms with Gasteiger partial charge in [0.05, 0.1) is 5.69 Å². The Morgan fingerprint density at radius 3 is 1.69 bits per heavy atom. The molecule has 0 aliphatic carbocycles. The molecule has 61 heavy (non-hydrogen) atoms. The van der Waals surface area contributed by atoms with Crippen LogP contribution in [0.5, 0.6) is 0 Å². The minimum atomic E-state index is 0.604. The van der Waals surface area contributed by atoms with Crippen LogP contribution >= 0.6 is 0 Å². The largest absolute Gasteiger partial charge is 0.456 e. The third-order valence-electron chi connectivity index (χ3n) is 11.9. The number of anilines is 3. The summed E-state index contributed by atoms with van der Waals surface area (Å²) in [5, 5.41) is 7.09. The Kier molecular flexibility index (Phi) is 8.13. The van der Waals surface area contributed by atoms with Crippen LogP contribution in [-0.2, 0) is 0 Å². The summed E-state index contributed by atoms with van der Waals surface area (Å²) in [6.45, 7) is 0. The molecule has 0 saturated carbocycles. The predicted molar refractivity (Wildman–Crippen MR) is 253 cm³/mol. The van der Waals surface area contributed by atoms with Crippen LogP contribution in [0.1, 0.15) is 0 Å². The maximum Gasteiger partial charge on any atom is 0.227 e. The van der Waals surface area contributed by atoms with Gasteiger partial charge in [0.15, 0.2) is 5.58 Å². The second-order valence-electron chi connectivity index (χ2n) is 15.5. The van der Waals surface area contributed by atoms with Gasteiger partial charge in [-0.2, -0.15) is 0 Å². The zero-order valence-electron chi connectivity index (χ0n) is 33.0. The number of hydrogen-bond donors (Lipinski definition) is 0. The van der Waals surface area contributed by atoms with Crippen molar-refractivity contribution in [2.24, 2.45) is 0 Å². The lowest BCUT2D eigenvalue weighted by atomic mass is 9.93. The molecule has 0 spiro atoms. The lowest BCUT2D eigenvalue weighted by Gasteiger charge is -2.28. The molecule has 0 unspecified atom stereocenters. The molecule has 12 aromatic rings. The first-order valence-corrected chi connectivity index (χ1v) is 20.6. The van der Waals surface area contributed by atoms with E-state index in [1.54, 1.807) is 0 Å². The standard InChI is InChI=1S/C57H36N2O2/c1-3-13-38(14-4-1)46-19-11-12-22-53(46)59(44-30-25-39(26-31-44)50-33-42-17-7-8-18-45(42)47-20-9-10-21-48(47)50)43-28-23-37(24-29-43)41-27-32-49-51-35-52-56(36-55(51)60-54(49)34-41)61-57(58-52)40-15-5-2-6-16-40/h1-36H. The van der Waals surface area contributed by atoms with Gasteiger partial charge in [0.2, 0.25) is 5.89 Å². The number of nitrogens with zero attached hydrogens (tertiary/aromatic N) is 2. The van der Waals surface area contributed by atoms with Gasteiger partial charge >= 0.3 is 0 Å². The Hall–Kier alpha value is -8.21. The van der Waals surface area contributed by atoms with Gasteiger partial charge in [-0.1, -0.05) is 146 Å². The topological polar surface area (TPSA) is 42.4 Å². The Balaban J connectivity index is 0.925. The molecule has 0 amide bonds. The lowest BCUT2D eigenvalue weighted by molar-refractivity contribution is 0.617. The van der Waals surface area contributed by atoms with Gasteiger partial charge < -0.3 is 13.7 Å². The van der Waals surface area contributed by atoms with E-state index in [-0.39, 0.29) is 0 Å². The van der Waals surface area contributed by atoms with E-state index in [0.717, 1.165) is 66.8 Å². The van der Waals surface area contributed by atoms with Gasteiger partial charge in [-0.25, -0.2) is 4.98 Å². The van der Waals surface area contributed by atoms with Crippen LogP contribution < -0.4 is 4.90 Å². The number of fused-ring (bicyclic) bond motifs is 7. The molecule has 0 aliphatic heterocycles. The molecule has 4 heteroatoms. The zero-order valence-corrected chi connectivity index (χ0v) is 33.0. The van der Waals surface area contributed by atoms with Crippen molar-refractivity contribution < 1.29 is 8.83 Å². The second kappa shape index (κ2) is 14.3. The van der Waals surface area contributed by atoms with Gasteiger partial charge in [0.25, 0.3) is 0 Å². The molecule has 2 aromatic heterocycles. The molecule has 4 nitrogen and oxygen atoms in total. The molecular formula is C57H36N2O2. The molecule has 0 fully saturated rings. The van der Waals surface area contributed by atoms with Crippen LogP contribution in [0.15, 0.2) is 227 Å². The molecule has 0 N–H and O–H groups in total. The van der Waals surface area contributed by atoms with Crippen LogP contribution in [-0.4, -0.2) is 4.98 Å². The summed E-state index contributed by atoms with van der Waals surface area (Å²) in [7, 11) is 0. The minimum absolute atomic E-state index is 0.604. The molecular weight excluding hydrogens is 745 g/mol. The van der Waals surface area contributed by atoms with Crippen molar-refractivity contribution in [1.29, 1.82) is 0 Å². The highest BCUT2D eigenvalue weighted by atomic mass is 16.4. The fourth-order valence-electron chi connectivity index (χ4n) is 8.93. The van der Waals surface area contributed by atoms with Gasteiger partial charge in [0, 0.05) is 39.3 Å². The summed E-state index contributed by atoms with van der Waals surface area (Å²) in [5.74, 6) is 0.604. The summed E-state index contributed by atoms with van der Waals surface area (Å²) in [4.78, 5) is 7.16. The predicted octanol–water partition coefficient (Wildman–Crippen LogP) is 16.2. The Morgan fingerprint density at radius 1 is 0.328 bits per heavy atom. The number of oxazole rings is 1. The first-order valence-electron chi connectivity index (χ1n) is 20.6. The van der Waals surface area contributed by atoms with Gasteiger partial charge in [-0.05, 0) is 116 Å². The van der Waals surface area contributed by atoms with E-state index in [1.807, 2.05) is 36.4 Å². The van der Waals surface area contributed by atoms with Gasteiger partial charge in [-0.3, -0.25) is 0 Å². The first kappa shape index (κ1) is 34.8. The van der Waals surface area contributed by atoms with Crippen molar-refractivity contribution in [3.05, 3.63) is 218 Å². The van der Waals surface area contributed by atoms with Crippen LogP contribution in [0.3, 0.4) is 0 Å².